The summed E-state index contributed by atoms with van der Waals surface area (Å²) in [6.07, 6.45) is 3.32. The highest BCUT2D eigenvalue weighted by Crippen LogP contribution is 2.28. The molecule has 1 fully saturated rings. The van der Waals surface area contributed by atoms with Gasteiger partial charge in [-0.25, -0.2) is 9.97 Å². The largest absolute Gasteiger partial charge is 0.354 e. The first-order valence-corrected chi connectivity index (χ1v) is 9.63. The van der Waals surface area contributed by atoms with Gasteiger partial charge in [0.1, 0.15) is 0 Å². The summed E-state index contributed by atoms with van der Waals surface area (Å²) in [7, 11) is 0. The number of hydrogen-bond donors (Lipinski definition) is 1. The van der Waals surface area contributed by atoms with Crippen LogP contribution in [0.2, 0.25) is 5.02 Å². The normalized spacial score (nSPS) is 13.9. The van der Waals surface area contributed by atoms with Gasteiger partial charge >= 0.3 is 0 Å². The fourth-order valence-electron chi connectivity index (χ4n) is 3.33. The van der Waals surface area contributed by atoms with Crippen LogP contribution >= 0.6 is 11.6 Å². The maximum absolute atomic E-state index is 12.5. The lowest BCUT2D eigenvalue weighted by molar-refractivity contribution is -0.116. The highest BCUT2D eigenvalue weighted by atomic mass is 35.5. The lowest BCUT2D eigenvalue weighted by atomic mass is 10.1. The van der Waals surface area contributed by atoms with E-state index >= 15 is 0 Å². The number of hydrogen-bond acceptors (Lipinski definition) is 4. The highest BCUT2D eigenvalue weighted by molar-refractivity contribution is 6.30. The summed E-state index contributed by atoms with van der Waals surface area (Å²) in [5.74, 6) is 1.26. The molecule has 2 heterocycles. The van der Waals surface area contributed by atoms with Gasteiger partial charge in [0, 0.05) is 24.5 Å². The SMILES string of the molecule is O=C(CCc1ccc(Cl)cc1)Nc1nc2ccccc2nc1N1CCCC1. The molecule has 1 saturated heterocycles. The van der Waals surface area contributed by atoms with Crippen molar-refractivity contribution in [2.45, 2.75) is 25.7 Å². The number of amides is 1. The van der Waals surface area contributed by atoms with E-state index in [2.05, 4.69) is 15.2 Å². The summed E-state index contributed by atoms with van der Waals surface area (Å²) in [6.45, 7) is 1.89. The molecule has 138 valence electrons. The smallest absolute Gasteiger partial charge is 0.225 e. The van der Waals surface area contributed by atoms with Crippen LogP contribution in [0.3, 0.4) is 0 Å². The number of nitrogens with one attached hydrogen (secondary N) is 1. The molecule has 1 aliphatic rings. The lowest BCUT2D eigenvalue weighted by Crippen LogP contribution is -2.23. The van der Waals surface area contributed by atoms with Gasteiger partial charge in [-0.3, -0.25) is 4.79 Å². The predicted molar refractivity (Wildman–Crippen MR) is 109 cm³/mol. The minimum atomic E-state index is -0.0602. The first-order valence-electron chi connectivity index (χ1n) is 9.25. The average molecular weight is 381 g/mol. The van der Waals surface area contributed by atoms with Gasteiger partial charge in [0.15, 0.2) is 11.6 Å². The Hall–Kier alpha value is -2.66. The molecule has 6 heteroatoms. The van der Waals surface area contributed by atoms with Crippen molar-refractivity contribution in [2.24, 2.45) is 0 Å². The number of rotatable bonds is 5. The molecule has 3 aromatic rings. The molecule has 2 aromatic carbocycles. The molecule has 27 heavy (non-hydrogen) atoms. The van der Waals surface area contributed by atoms with E-state index in [0.29, 0.717) is 23.7 Å². The first-order chi connectivity index (χ1) is 13.2. The van der Waals surface area contributed by atoms with Gasteiger partial charge in [-0.2, -0.15) is 0 Å². The molecule has 1 amide bonds. The van der Waals surface area contributed by atoms with Gasteiger partial charge in [0.25, 0.3) is 0 Å². The third-order valence-corrected chi connectivity index (χ3v) is 5.02. The summed E-state index contributed by atoms with van der Waals surface area (Å²) >= 11 is 5.91. The molecule has 4 rings (SSSR count). The monoisotopic (exact) mass is 380 g/mol. The van der Waals surface area contributed by atoms with Crippen molar-refractivity contribution >= 4 is 40.2 Å². The van der Waals surface area contributed by atoms with E-state index in [1.54, 1.807) is 0 Å². The lowest BCUT2D eigenvalue weighted by Gasteiger charge is -2.20. The number of aromatic nitrogens is 2. The van der Waals surface area contributed by atoms with Crippen molar-refractivity contribution in [3.05, 3.63) is 59.1 Å². The number of aryl methyl sites for hydroxylation is 1. The summed E-state index contributed by atoms with van der Waals surface area (Å²) in [5.41, 5.74) is 2.71. The molecular formula is C21H21ClN4O. The standard InChI is InChI=1S/C21H21ClN4O/c22-16-10-7-15(8-11-16)9-12-19(27)25-20-21(26-13-3-4-14-26)24-18-6-2-1-5-17(18)23-20/h1-2,5-8,10-11H,3-4,9,12-14H2,(H,23,25,27). The van der Waals surface area contributed by atoms with Crippen LogP contribution < -0.4 is 10.2 Å². The molecule has 1 aliphatic heterocycles. The van der Waals surface area contributed by atoms with Crippen LogP contribution in [0.15, 0.2) is 48.5 Å². The number of halogens is 1. The fraction of sp³-hybridized carbons (Fsp3) is 0.286. The van der Waals surface area contributed by atoms with Crippen LogP contribution in [0.4, 0.5) is 11.6 Å². The van der Waals surface area contributed by atoms with E-state index in [9.17, 15) is 4.79 Å². The molecule has 1 aromatic heterocycles. The van der Waals surface area contributed by atoms with E-state index < -0.39 is 0 Å². The quantitative estimate of drug-likeness (QED) is 0.710. The maximum atomic E-state index is 12.5. The summed E-state index contributed by atoms with van der Waals surface area (Å²) in [6, 6.07) is 15.3. The Morgan fingerprint density at radius 2 is 1.67 bits per heavy atom. The molecule has 0 unspecified atom stereocenters. The zero-order chi connectivity index (χ0) is 18.6. The summed E-state index contributed by atoms with van der Waals surface area (Å²) in [5, 5.41) is 3.68. The van der Waals surface area contributed by atoms with Crippen molar-refractivity contribution in [1.82, 2.24) is 9.97 Å². The average Bonchev–Trinajstić information content (AvgIpc) is 3.21. The predicted octanol–water partition coefficient (Wildman–Crippen LogP) is 4.45. The Morgan fingerprint density at radius 1 is 1.00 bits per heavy atom. The minimum absolute atomic E-state index is 0.0602. The van der Waals surface area contributed by atoms with Gasteiger partial charge in [-0.15, -0.1) is 0 Å². The van der Waals surface area contributed by atoms with E-state index in [0.717, 1.165) is 48.3 Å². The van der Waals surface area contributed by atoms with Gasteiger partial charge in [-0.05, 0) is 49.1 Å². The topological polar surface area (TPSA) is 58.1 Å². The number of carbonyl (C=O) groups excluding carboxylic acids is 1. The molecule has 0 saturated carbocycles. The van der Waals surface area contributed by atoms with Gasteiger partial charge < -0.3 is 10.2 Å². The number of anilines is 2. The van der Waals surface area contributed by atoms with Crippen LogP contribution in [0.25, 0.3) is 11.0 Å². The molecular weight excluding hydrogens is 360 g/mol. The van der Waals surface area contributed by atoms with Crippen molar-refractivity contribution in [3.8, 4) is 0 Å². The fourth-order valence-corrected chi connectivity index (χ4v) is 3.45. The third kappa shape index (κ3) is 4.19. The minimum Gasteiger partial charge on any atom is -0.354 e. The Labute approximate surface area is 163 Å². The zero-order valence-corrected chi connectivity index (χ0v) is 15.7. The Kier molecular flexibility index (Phi) is 5.21. The van der Waals surface area contributed by atoms with Crippen molar-refractivity contribution in [3.63, 3.8) is 0 Å². The van der Waals surface area contributed by atoms with Crippen molar-refractivity contribution in [2.75, 3.05) is 23.3 Å². The van der Waals surface area contributed by atoms with E-state index in [1.165, 1.54) is 0 Å². The van der Waals surface area contributed by atoms with Crippen LogP contribution in [-0.2, 0) is 11.2 Å². The molecule has 5 nitrogen and oxygen atoms in total. The maximum Gasteiger partial charge on any atom is 0.225 e. The van der Waals surface area contributed by atoms with Crippen LogP contribution in [0.1, 0.15) is 24.8 Å². The Bertz CT molecular complexity index is 952. The molecule has 0 spiro atoms. The second-order valence-corrected chi connectivity index (χ2v) is 7.19. The van der Waals surface area contributed by atoms with Crippen LogP contribution in [0.5, 0.6) is 0 Å². The number of fused-ring (bicyclic) bond motifs is 1. The van der Waals surface area contributed by atoms with Gasteiger partial charge in [-0.1, -0.05) is 35.9 Å². The second-order valence-electron chi connectivity index (χ2n) is 6.75. The van der Waals surface area contributed by atoms with Gasteiger partial charge in [0.2, 0.25) is 5.91 Å². The Balaban J connectivity index is 1.53. The van der Waals surface area contributed by atoms with Crippen molar-refractivity contribution < 1.29 is 4.79 Å². The molecule has 0 bridgehead atoms. The number of nitrogens with zero attached hydrogens (tertiary/aromatic N) is 3. The third-order valence-electron chi connectivity index (χ3n) is 4.77. The molecule has 1 N–H and O–H groups in total. The number of carbonyl (C=O) groups is 1. The summed E-state index contributed by atoms with van der Waals surface area (Å²) < 4.78 is 0. The zero-order valence-electron chi connectivity index (χ0n) is 15.0. The van der Waals surface area contributed by atoms with E-state index in [1.807, 2.05) is 48.5 Å². The number of para-hydroxylation sites is 2. The van der Waals surface area contributed by atoms with Crippen LogP contribution in [0, 0.1) is 0 Å². The first kappa shape index (κ1) is 17.7. The number of benzene rings is 2. The van der Waals surface area contributed by atoms with E-state index in [-0.39, 0.29) is 5.91 Å². The molecule has 0 radical (unpaired) electrons. The summed E-state index contributed by atoms with van der Waals surface area (Å²) in [4.78, 5) is 24.2. The van der Waals surface area contributed by atoms with E-state index in [4.69, 9.17) is 16.6 Å². The van der Waals surface area contributed by atoms with Crippen LogP contribution in [-0.4, -0.2) is 29.0 Å². The van der Waals surface area contributed by atoms with Gasteiger partial charge in [0.05, 0.1) is 11.0 Å². The molecule has 0 aliphatic carbocycles. The highest BCUT2D eigenvalue weighted by Gasteiger charge is 2.20. The molecule has 0 atom stereocenters. The Morgan fingerprint density at radius 3 is 2.37 bits per heavy atom. The second kappa shape index (κ2) is 7.92. The van der Waals surface area contributed by atoms with Crippen molar-refractivity contribution in [1.29, 1.82) is 0 Å².